The molecule has 6 heteroatoms. The lowest BCUT2D eigenvalue weighted by Gasteiger charge is -2.24. The van der Waals surface area contributed by atoms with E-state index in [9.17, 15) is 8.42 Å². The maximum atomic E-state index is 12.9. The highest BCUT2D eigenvalue weighted by Gasteiger charge is 2.32. The van der Waals surface area contributed by atoms with Crippen molar-refractivity contribution in [2.75, 3.05) is 24.6 Å². The summed E-state index contributed by atoms with van der Waals surface area (Å²) in [5, 5.41) is 0. The van der Waals surface area contributed by atoms with Gasteiger partial charge in [0.05, 0.1) is 36.9 Å². The van der Waals surface area contributed by atoms with Gasteiger partial charge >= 0.3 is 0 Å². The summed E-state index contributed by atoms with van der Waals surface area (Å²) in [5.74, 6) is 0.684. The largest absolute Gasteiger partial charge is 0.497 e. The summed E-state index contributed by atoms with van der Waals surface area (Å²) in [4.78, 5) is 0.270. The van der Waals surface area contributed by atoms with Crippen LogP contribution in [-0.4, -0.2) is 34.8 Å². The van der Waals surface area contributed by atoms with Crippen molar-refractivity contribution in [3.8, 4) is 5.75 Å². The number of nitrogens with zero attached hydrogens (tertiary/aromatic N) is 1. The van der Waals surface area contributed by atoms with Gasteiger partial charge in [0.2, 0.25) is 0 Å². The summed E-state index contributed by atoms with van der Waals surface area (Å²) >= 11 is 0. The van der Waals surface area contributed by atoms with E-state index in [0.29, 0.717) is 24.6 Å². The van der Waals surface area contributed by atoms with E-state index < -0.39 is 10.0 Å². The standard InChI is InChI=1S/C16H17NO4S/c1-20-14-9-7-13(8-10-14)17(11-15-12-21-15)22(18,19)16-5-3-2-4-6-16/h2-10,15H,11-12H2,1H3/t15-/m0/s1. The van der Waals surface area contributed by atoms with Crippen molar-refractivity contribution in [3.05, 3.63) is 54.6 Å². The van der Waals surface area contributed by atoms with Gasteiger partial charge < -0.3 is 9.47 Å². The molecule has 0 bridgehead atoms. The first-order valence-electron chi connectivity index (χ1n) is 6.95. The number of ether oxygens (including phenoxy) is 2. The van der Waals surface area contributed by atoms with Gasteiger partial charge in [0.25, 0.3) is 10.0 Å². The molecule has 116 valence electrons. The molecule has 0 unspecified atom stereocenters. The van der Waals surface area contributed by atoms with Crippen LogP contribution >= 0.6 is 0 Å². The number of hydrogen-bond acceptors (Lipinski definition) is 4. The number of benzene rings is 2. The summed E-state index contributed by atoms with van der Waals surface area (Å²) in [5.41, 5.74) is 0.597. The zero-order valence-corrected chi connectivity index (χ0v) is 13.0. The summed E-state index contributed by atoms with van der Waals surface area (Å²) < 4.78 is 37.5. The Morgan fingerprint density at radius 3 is 2.32 bits per heavy atom. The topological polar surface area (TPSA) is 59.1 Å². The van der Waals surface area contributed by atoms with E-state index in [-0.39, 0.29) is 11.0 Å². The Balaban J connectivity index is 1.98. The van der Waals surface area contributed by atoms with Gasteiger partial charge in [-0.2, -0.15) is 0 Å². The van der Waals surface area contributed by atoms with Gasteiger partial charge in [0, 0.05) is 0 Å². The van der Waals surface area contributed by atoms with Crippen LogP contribution in [0.4, 0.5) is 5.69 Å². The molecular formula is C16H17NO4S. The van der Waals surface area contributed by atoms with Gasteiger partial charge in [-0.1, -0.05) is 18.2 Å². The molecule has 0 amide bonds. The van der Waals surface area contributed by atoms with E-state index in [2.05, 4.69) is 0 Å². The van der Waals surface area contributed by atoms with Crippen LogP contribution in [0.1, 0.15) is 0 Å². The Kier molecular flexibility index (Phi) is 4.04. The number of epoxide rings is 1. The highest BCUT2D eigenvalue weighted by atomic mass is 32.2. The number of methoxy groups -OCH3 is 1. The fourth-order valence-corrected chi connectivity index (χ4v) is 3.69. The minimum Gasteiger partial charge on any atom is -0.497 e. The molecule has 3 rings (SSSR count). The quantitative estimate of drug-likeness (QED) is 0.767. The van der Waals surface area contributed by atoms with Crippen molar-refractivity contribution in [2.24, 2.45) is 0 Å². The van der Waals surface area contributed by atoms with Crippen LogP contribution < -0.4 is 9.04 Å². The molecule has 0 N–H and O–H groups in total. The maximum absolute atomic E-state index is 12.9. The predicted octanol–water partition coefficient (Wildman–Crippen LogP) is 2.29. The van der Waals surface area contributed by atoms with Gasteiger partial charge in [-0.05, 0) is 36.4 Å². The monoisotopic (exact) mass is 319 g/mol. The van der Waals surface area contributed by atoms with Crippen LogP contribution in [-0.2, 0) is 14.8 Å². The van der Waals surface area contributed by atoms with E-state index in [4.69, 9.17) is 9.47 Å². The lowest BCUT2D eigenvalue weighted by molar-refractivity contribution is 0.411. The first-order chi connectivity index (χ1) is 10.6. The molecule has 0 aromatic heterocycles. The van der Waals surface area contributed by atoms with Gasteiger partial charge in [-0.25, -0.2) is 8.42 Å². The third-order valence-electron chi connectivity index (χ3n) is 3.46. The molecular weight excluding hydrogens is 302 g/mol. The van der Waals surface area contributed by atoms with Crippen LogP contribution in [0, 0.1) is 0 Å². The van der Waals surface area contributed by atoms with Crippen LogP contribution in [0.5, 0.6) is 5.75 Å². The lowest BCUT2D eigenvalue weighted by Crippen LogP contribution is -2.34. The van der Waals surface area contributed by atoms with Crippen LogP contribution in [0.15, 0.2) is 59.5 Å². The predicted molar refractivity (Wildman–Crippen MR) is 83.7 cm³/mol. The smallest absolute Gasteiger partial charge is 0.264 e. The van der Waals surface area contributed by atoms with Gasteiger partial charge in [-0.15, -0.1) is 0 Å². The third kappa shape index (κ3) is 3.08. The van der Waals surface area contributed by atoms with Crippen molar-refractivity contribution < 1.29 is 17.9 Å². The highest BCUT2D eigenvalue weighted by Crippen LogP contribution is 2.27. The molecule has 2 aromatic carbocycles. The second-order valence-electron chi connectivity index (χ2n) is 5.00. The van der Waals surface area contributed by atoms with Gasteiger partial charge in [0.1, 0.15) is 5.75 Å². The molecule has 1 aliphatic rings. The van der Waals surface area contributed by atoms with Crippen LogP contribution in [0.25, 0.3) is 0 Å². The van der Waals surface area contributed by atoms with Gasteiger partial charge in [-0.3, -0.25) is 4.31 Å². The third-order valence-corrected chi connectivity index (χ3v) is 5.27. The van der Waals surface area contributed by atoms with E-state index in [1.165, 1.54) is 4.31 Å². The zero-order chi connectivity index (χ0) is 15.6. The van der Waals surface area contributed by atoms with Crippen LogP contribution in [0.3, 0.4) is 0 Å². The molecule has 1 aliphatic heterocycles. The number of rotatable bonds is 6. The summed E-state index contributed by atoms with van der Waals surface area (Å²) in [6.07, 6.45) is -0.0411. The molecule has 1 atom stereocenters. The fourth-order valence-electron chi connectivity index (χ4n) is 2.17. The first kappa shape index (κ1) is 14.9. The van der Waals surface area contributed by atoms with E-state index in [0.717, 1.165) is 0 Å². The highest BCUT2D eigenvalue weighted by molar-refractivity contribution is 7.92. The summed E-state index contributed by atoms with van der Waals surface area (Å²) in [6.45, 7) is 0.903. The average molecular weight is 319 g/mol. The van der Waals surface area contributed by atoms with Crippen molar-refractivity contribution in [2.45, 2.75) is 11.0 Å². The first-order valence-corrected chi connectivity index (χ1v) is 8.39. The molecule has 1 fully saturated rings. The van der Waals surface area contributed by atoms with E-state index in [1.807, 2.05) is 0 Å². The van der Waals surface area contributed by atoms with E-state index in [1.54, 1.807) is 61.7 Å². The molecule has 0 radical (unpaired) electrons. The molecule has 1 heterocycles. The van der Waals surface area contributed by atoms with E-state index >= 15 is 0 Å². The fraction of sp³-hybridized carbons (Fsp3) is 0.250. The normalized spacial score (nSPS) is 17.0. The zero-order valence-electron chi connectivity index (χ0n) is 12.2. The Morgan fingerprint density at radius 2 is 1.77 bits per heavy atom. The Morgan fingerprint density at radius 1 is 1.14 bits per heavy atom. The second-order valence-corrected chi connectivity index (χ2v) is 6.86. The second kappa shape index (κ2) is 5.98. The average Bonchev–Trinajstić information content (AvgIpc) is 3.38. The molecule has 0 aliphatic carbocycles. The summed E-state index contributed by atoms with van der Waals surface area (Å²) in [7, 11) is -2.04. The summed E-state index contributed by atoms with van der Waals surface area (Å²) in [6, 6.07) is 15.4. The van der Waals surface area contributed by atoms with Crippen molar-refractivity contribution in [1.82, 2.24) is 0 Å². The number of hydrogen-bond donors (Lipinski definition) is 0. The van der Waals surface area contributed by atoms with Crippen molar-refractivity contribution in [3.63, 3.8) is 0 Å². The van der Waals surface area contributed by atoms with Crippen LogP contribution in [0.2, 0.25) is 0 Å². The SMILES string of the molecule is COc1ccc(N(C[C@H]2CO2)S(=O)(=O)c2ccccc2)cc1. The lowest BCUT2D eigenvalue weighted by atomic mass is 10.3. The molecule has 5 nitrogen and oxygen atoms in total. The van der Waals surface area contributed by atoms with Gasteiger partial charge in [0.15, 0.2) is 0 Å². The minimum absolute atomic E-state index is 0.0411. The Bertz CT molecular complexity index is 725. The Hall–Kier alpha value is -2.05. The maximum Gasteiger partial charge on any atom is 0.264 e. The molecule has 2 aromatic rings. The molecule has 22 heavy (non-hydrogen) atoms. The van der Waals surface area contributed by atoms with Crippen molar-refractivity contribution in [1.29, 1.82) is 0 Å². The minimum atomic E-state index is -3.62. The Labute approximate surface area is 130 Å². The molecule has 0 saturated carbocycles. The molecule has 1 saturated heterocycles. The number of sulfonamides is 1. The van der Waals surface area contributed by atoms with Crippen molar-refractivity contribution >= 4 is 15.7 Å². The number of anilines is 1. The molecule has 0 spiro atoms.